The van der Waals surface area contributed by atoms with Crippen molar-refractivity contribution in [3.63, 3.8) is 0 Å². The number of aryl methyl sites for hydroxylation is 1. The van der Waals surface area contributed by atoms with Crippen LogP contribution in [-0.2, 0) is 19.4 Å². The Bertz CT molecular complexity index is 573. The second-order valence-corrected chi connectivity index (χ2v) is 5.80. The molecule has 0 aromatic heterocycles. The summed E-state index contributed by atoms with van der Waals surface area (Å²) in [7, 11) is 0. The normalized spacial score (nSPS) is 17.8. The molecule has 3 rings (SSSR count). The lowest BCUT2D eigenvalue weighted by atomic mass is 9.86. The lowest BCUT2D eigenvalue weighted by Crippen LogP contribution is -2.29. The highest BCUT2D eigenvalue weighted by molar-refractivity contribution is 5.35. The fourth-order valence-electron chi connectivity index (χ4n) is 3.25. The van der Waals surface area contributed by atoms with Crippen LogP contribution in [0.25, 0.3) is 0 Å². The number of hydrogen-bond donors (Lipinski definition) is 1. The number of fused-ring (bicyclic) bond motifs is 1. The first-order valence-corrected chi connectivity index (χ1v) is 7.73. The van der Waals surface area contributed by atoms with E-state index in [4.69, 9.17) is 0 Å². The minimum Gasteiger partial charge on any atom is -0.312 e. The second kappa shape index (κ2) is 6.23. The maximum absolute atomic E-state index is 3.55. The number of benzene rings is 2. The first-order chi connectivity index (χ1) is 9.86. The van der Waals surface area contributed by atoms with Crippen molar-refractivity contribution in [3.8, 4) is 0 Å². The minimum atomic E-state index is 0.608. The summed E-state index contributed by atoms with van der Waals surface area (Å²) >= 11 is 0. The highest BCUT2D eigenvalue weighted by atomic mass is 14.9. The maximum atomic E-state index is 3.55. The van der Waals surface area contributed by atoms with Gasteiger partial charge in [0.2, 0.25) is 0 Å². The fourth-order valence-corrected chi connectivity index (χ4v) is 3.25. The Labute approximate surface area is 122 Å². The topological polar surface area (TPSA) is 12.0 Å². The van der Waals surface area contributed by atoms with Gasteiger partial charge in [0.15, 0.2) is 0 Å². The molecule has 0 amide bonds. The molecule has 1 heteroatoms. The van der Waals surface area contributed by atoms with Crippen molar-refractivity contribution in [2.24, 2.45) is 0 Å². The zero-order valence-electron chi connectivity index (χ0n) is 12.2. The van der Waals surface area contributed by atoms with Crippen LogP contribution in [0.1, 0.15) is 41.5 Å². The lowest BCUT2D eigenvalue weighted by Gasteiger charge is -2.26. The van der Waals surface area contributed by atoms with Gasteiger partial charge in [0.1, 0.15) is 0 Å². The molecule has 0 spiro atoms. The minimum absolute atomic E-state index is 0.608. The molecular formula is C19H23N. The lowest BCUT2D eigenvalue weighted by molar-refractivity contribution is 0.539. The summed E-state index contributed by atoms with van der Waals surface area (Å²) in [5, 5.41) is 3.55. The van der Waals surface area contributed by atoms with E-state index in [1.54, 1.807) is 0 Å². The average Bonchev–Trinajstić information content (AvgIpc) is 2.48. The number of hydrogen-bond acceptors (Lipinski definition) is 1. The Morgan fingerprint density at radius 2 is 1.90 bits per heavy atom. The van der Waals surface area contributed by atoms with Gasteiger partial charge >= 0.3 is 0 Å². The third-order valence-corrected chi connectivity index (χ3v) is 4.21. The van der Waals surface area contributed by atoms with E-state index in [0.717, 1.165) is 19.5 Å². The number of nitrogens with one attached hydrogen (secondary N) is 1. The molecule has 20 heavy (non-hydrogen) atoms. The highest BCUT2D eigenvalue weighted by Crippen LogP contribution is 2.27. The SMILES string of the molecule is CCCc1cccc(CC2CNCc3ccccc32)c1. The van der Waals surface area contributed by atoms with E-state index in [0.29, 0.717) is 5.92 Å². The predicted molar refractivity (Wildman–Crippen MR) is 85.0 cm³/mol. The molecule has 0 aliphatic carbocycles. The zero-order valence-corrected chi connectivity index (χ0v) is 12.2. The summed E-state index contributed by atoms with van der Waals surface area (Å²) in [4.78, 5) is 0. The van der Waals surface area contributed by atoms with Crippen LogP contribution < -0.4 is 5.32 Å². The second-order valence-electron chi connectivity index (χ2n) is 5.80. The molecule has 104 valence electrons. The van der Waals surface area contributed by atoms with Gasteiger partial charge in [-0.05, 0) is 35.1 Å². The Kier molecular flexibility index (Phi) is 4.17. The highest BCUT2D eigenvalue weighted by Gasteiger charge is 2.19. The summed E-state index contributed by atoms with van der Waals surface area (Å²) < 4.78 is 0. The van der Waals surface area contributed by atoms with E-state index < -0.39 is 0 Å². The Hall–Kier alpha value is -1.60. The van der Waals surface area contributed by atoms with Gasteiger partial charge in [0.25, 0.3) is 0 Å². The fraction of sp³-hybridized carbons (Fsp3) is 0.368. The third-order valence-electron chi connectivity index (χ3n) is 4.21. The van der Waals surface area contributed by atoms with E-state index in [9.17, 15) is 0 Å². The summed E-state index contributed by atoms with van der Waals surface area (Å²) in [6.07, 6.45) is 3.55. The monoisotopic (exact) mass is 265 g/mol. The van der Waals surface area contributed by atoms with Crippen LogP contribution in [0.4, 0.5) is 0 Å². The number of rotatable bonds is 4. The van der Waals surface area contributed by atoms with Crippen LogP contribution in [0, 0.1) is 0 Å². The van der Waals surface area contributed by atoms with E-state index in [2.05, 4.69) is 60.8 Å². The molecule has 1 aliphatic heterocycles. The third kappa shape index (κ3) is 2.94. The summed E-state index contributed by atoms with van der Waals surface area (Å²) in [6.45, 7) is 4.35. The summed E-state index contributed by atoms with van der Waals surface area (Å²) in [6, 6.07) is 18.0. The standard InChI is InChI=1S/C19H23N/c1-2-6-15-7-5-8-16(11-15)12-18-14-20-13-17-9-3-4-10-19(17)18/h3-5,7-11,18,20H,2,6,12-14H2,1H3. The Morgan fingerprint density at radius 3 is 2.80 bits per heavy atom. The molecule has 0 bridgehead atoms. The molecule has 0 saturated heterocycles. The van der Waals surface area contributed by atoms with Gasteiger partial charge in [-0.3, -0.25) is 0 Å². The van der Waals surface area contributed by atoms with Crippen molar-refractivity contribution < 1.29 is 0 Å². The molecule has 1 aliphatic rings. The van der Waals surface area contributed by atoms with Crippen LogP contribution in [0.3, 0.4) is 0 Å². The molecule has 1 unspecified atom stereocenters. The molecular weight excluding hydrogens is 242 g/mol. The Morgan fingerprint density at radius 1 is 1.05 bits per heavy atom. The van der Waals surface area contributed by atoms with Crippen molar-refractivity contribution >= 4 is 0 Å². The molecule has 0 fully saturated rings. The summed E-state index contributed by atoms with van der Waals surface area (Å²) in [5.41, 5.74) is 5.95. The molecule has 1 heterocycles. The molecule has 0 radical (unpaired) electrons. The van der Waals surface area contributed by atoms with Gasteiger partial charge in [-0.2, -0.15) is 0 Å². The van der Waals surface area contributed by atoms with Gasteiger partial charge < -0.3 is 5.32 Å². The van der Waals surface area contributed by atoms with Gasteiger partial charge in [0.05, 0.1) is 0 Å². The van der Waals surface area contributed by atoms with Crippen molar-refractivity contribution in [1.29, 1.82) is 0 Å². The zero-order chi connectivity index (χ0) is 13.8. The summed E-state index contributed by atoms with van der Waals surface area (Å²) in [5.74, 6) is 0.608. The van der Waals surface area contributed by atoms with Crippen LogP contribution in [-0.4, -0.2) is 6.54 Å². The van der Waals surface area contributed by atoms with Crippen LogP contribution in [0.2, 0.25) is 0 Å². The van der Waals surface area contributed by atoms with Crippen molar-refractivity contribution in [3.05, 3.63) is 70.8 Å². The van der Waals surface area contributed by atoms with Gasteiger partial charge in [-0.25, -0.2) is 0 Å². The average molecular weight is 265 g/mol. The first-order valence-electron chi connectivity index (χ1n) is 7.73. The van der Waals surface area contributed by atoms with Crippen molar-refractivity contribution in [2.45, 2.75) is 38.6 Å². The van der Waals surface area contributed by atoms with Crippen molar-refractivity contribution in [2.75, 3.05) is 6.54 Å². The molecule has 2 aromatic carbocycles. The largest absolute Gasteiger partial charge is 0.312 e. The maximum Gasteiger partial charge on any atom is 0.0208 e. The molecule has 1 nitrogen and oxygen atoms in total. The van der Waals surface area contributed by atoms with E-state index >= 15 is 0 Å². The predicted octanol–water partition coefficient (Wildman–Crippen LogP) is 4.07. The van der Waals surface area contributed by atoms with Crippen LogP contribution in [0.5, 0.6) is 0 Å². The van der Waals surface area contributed by atoms with Gasteiger partial charge in [-0.1, -0.05) is 61.9 Å². The van der Waals surface area contributed by atoms with E-state index in [1.807, 2.05) is 0 Å². The van der Waals surface area contributed by atoms with Gasteiger partial charge in [-0.15, -0.1) is 0 Å². The molecule has 1 atom stereocenters. The smallest absolute Gasteiger partial charge is 0.0208 e. The molecule has 1 N–H and O–H groups in total. The van der Waals surface area contributed by atoms with Crippen LogP contribution >= 0.6 is 0 Å². The Balaban J connectivity index is 1.80. The quantitative estimate of drug-likeness (QED) is 0.878. The van der Waals surface area contributed by atoms with Crippen LogP contribution in [0.15, 0.2) is 48.5 Å². The van der Waals surface area contributed by atoms with E-state index in [1.165, 1.54) is 35.1 Å². The molecule has 2 aromatic rings. The van der Waals surface area contributed by atoms with Gasteiger partial charge in [0, 0.05) is 19.0 Å². The first kappa shape index (κ1) is 13.4. The van der Waals surface area contributed by atoms with Crippen molar-refractivity contribution in [1.82, 2.24) is 5.32 Å². The van der Waals surface area contributed by atoms with E-state index in [-0.39, 0.29) is 0 Å². The molecule has 0 saturated carbocycles.